The minimum absolute atomic E-state index is 0.0952. The highest BCUT2D eigenvalue weighted by Gasteiger charge is 2.49. The lowest BCUT2D eigenvalue weighted by atomic mass is 10.0. The fourth-order valence-corrected chi connectivity index (χ4v) is 3.59. The van der Waals surface area contributed by atoms with Crippen LogP contribution in [-0.4, -0.2) is 59.9 Å². The number of nitrogens with zero attached hydrogens (tertiary/aromatic N) is 4. The number of aromatic nitrogens is 4. The predicted octanol–water partition coefficient (Wildman–Crippen LogP) is -0.674. The van der Waals surface area contributed by atoms with Crippen molar-refractivity contribution in [3.05, 3.63) is 48.5 Å². The van der Waals surface area contributed by atoms with Gasteiger partial charge in [0.2, 0.25) is 5.91 Å². The molecule has 0 radical (unpaired) electrons. The van der Waals surface area contributed by atoms with E-state index in [-0.39, 0.29) is 23.4 Å². The number of amides is 1. The number of hydrogen-bond acceptors (Lipinski definition) is 9. The van der Waals surface area contributed by atoms with Gasteiger partial charge in [-0.2, -0.15) is 0 Å². The third-order valence-electron chi connectivity index (χ3n) is 5.14. The van der Waals surface area contributed by atoms with Gasteiger partial charge >= 0.3 is 5.97 Å². The van der Waals surface area contributed by atoms with Gasteiger partial charge in [-0.1, -0.05) is 30.3 Å². The Hall–Kier alpha value is -3.61. The SMILES string of the molecule is Nc1ncnc2c1ncn2C1OC(C(=O)O)C(NC(=O)CC(N)c2ccccc2)C1O. The molecule has 0 spiro atoms. The van der Waals surface area contributed by atoms with E-state index >= 15 is 0 Å². The van der Waals surface area contributed by atoms with Gasteiger partial charge in [-0.3, -0.25) is 9.36 Å². The van der Waals surface area contributed by atoms with E-state index in [1.165, 1.54) is 17.2 Å². The molecule has 1 saturated heterocycles. The highest BCUT2D eigenvalue weighted by molar-refractivity contribution is 5.82. The third-order valence-corrected chi connectivity index (χ3v) is 5.14. The van der Waals surface area contributed by atoms with Crippen LogP contribution in [0.4, 0.5) is 5.82 Å². The number of nitrogens with two attached hydrogens (primary N) is 2. The molecule has 5 unspecified atom stereocenters. The number of anilines is 1. The first-order valence-electron chi connectivity index (χ1n) is 9.46. The highest BCUT2D eigenvalue weighted by atomic mass is 16.6. The van der Waals surface area contributed by atoms with Crippen molar-refractivity contribution in [1.82, 2.24) is 24.8 Å². The number of aliphatic hydroxyl groups excluding tert-OH is 1. The summed E-state index contributed by atoms with van der Waals surface area (Å²) < 4.78 is 6.91. The quantitative estimate of drug-likeness (QED) is 0.337. The molecule has 5 atom stereocenters. The van der Waals surface area contributed by atoms with E-state index in [9.17, 15) is 19.8 Å². The normalized spacial score (nSPS) is 24.2. The Kier molecular flexibility index (Phi) is 5.50. The summed E-state index contributed by atoms with van der Waals surface area (Å²) in [7, 11) is 0. The van der Waals surface area contributed by atoms with Crippen LogP contribution < -0.4 is 16.8 Å². The smallest absolute Gasteiger partial charge is 0.335 e. The van der Waals surface area contributed by atoms with Crippen molar-refractivity contribution in [3.8, 4) is 0 Å². The maximum absolute atomic E-state index is 12.5. The Labute approximate surface area is 175 Å². The predicted molar refractivity (Wildman–Crippen MR) is 107 cm³/mol. The molecule has 0 bridgehead atoms. The number of carboxylic acids is 1. The van der Waals surface area contributed by atoms with Crippen LogP contribution in [0.5, 0.6) is 0 Å². The van der Waals surface area contributed by atoms with Crippen LogP contribution in [0.1, 0.15) is 24.3 Å². The van der Waals surface area contributed by atoms with E-state index in [4.69, 9.17) is 16.2 Å². The molecule has 3 aromatic rings. The van der Waals surface area contributed by atoms with Gasteiger partial charge in [0, 0.05) is 12.5 Å². The van der Waals surface area contributed by atoms with Gasteiger partial charge in [0.15, 0.2) is 23.8 Å². The van der Waals surface area contributed by atoms with Crippen LogP contribution in [-0.2, 0) is 14.3 Å². The Morgan fingerprint density at radius 3 is 2.68 bits per heavy atom. The molecule has 12 heteroatoms. The number of aliphatic carboxylic acids is 1. The summed E-state index contributed by atoms with van der Waals surface area (Å²) in [6, 6.07) is 7.22. The second-order valence-corrected chi connectivity index (χ2v) is 7.17. The summed E-state index contributed by atoms with van der Waals surface area (Å²) in [5, 5.41) is 22.9. The molecule has 3 heterocycles. The minimum atomic E-state index is -1.49. The van der Waals surface area contributed by atoms with Crippen molar-refractivity contribution < 1.29 is 24.5 Å². The molecule has 12 nitrogen and oxygen atoms in total. The summed E-state index contributed by atoms with van der Waals surface area (Å²) in [6.45, 7) is 0. The van der Waals surface area contributed by atoms with E-state index in [0.717, 1.165) is 5.56 Å². The third kappa shape index (κ3) is 3.91. The van der Waals surface area contributed by atoms with E-state index in [0.29, 0.717) is 0 Å². The number of carboxylic acid groups (broad SMARTS) is 1. The monoisotopic (exact) mass is 427 g/mol. The fourth-order valence-electron chi connectivity index (χ4n) is 3.59. The molecule has 162 valence electrons. The second-order valence-electron chi connectivity index (χ2n) is 7.17. The number of carbonyl (C=O) groups is 2. The number of rotatable bonds is 6. The Morgan fingerprint density at radius 2 is 1.97 bits per heavy atom. The van der Waals surface area contributed by atoms with Gasteiger partial charge in [-0.05, 0) is 5.56 Å². The van der Waals surface area contributed by atoms with Crippen molar-refractivity contribution in [2.75, 3.05) is 5.73 Å². The van der Waals surface area contributed by atoms with Gasteiger partial charge in [0.25, 0.3) is 0 Å². The minimum Gasteiger partial charge on any atom is -0.479 e. The van der Waals surface area contributed by atoms with Gasteiger partial charge in [-0.25, -0.2) is 19.7 Å². The number of nitrogens with one attached hydrogen (secondary N) is 1. The van der Waals surface area contributed by atoms with Crippen LogP contribution in [0, 0.1) is 0 Å². The molecule has 2 aromatic heterocycles. The van der Waals surface area contributed by atoms with E-state index in [1.807, 2.05) is 6.07 Å². The first-order valence-corrected chi connectivity index (χ1v) is 9.46. The summed E-state index contributed by atoms with van der Waals surface area (Å²) in [4.78, 5) is 36.3. The lowest BCUT2D eigenvalue weighted by molar-refractivity contribution is -0.152. The number of fused-ring (bicyclic) bond motifs is 1. The molecular formula is C19H21N7O5. The van der Waals surface area contributed by atoms with Crippen molar-refractivity contribution in [2.45, 2.75) is 36.9 Å². The maximum atomic E-state index is 12.5. The highest BCUT2D eigenvalue weighted by Crippen LogP contribution is 2.32. The van der Waals surface area contributed by atoms with Crippen LogP contribution in [0.3, 0.4) is 0 Å². The molecule has 4 rings (SSSR count). The Bertz CT molecular complexity index is 1110. The molecule has 1 amide bonds. The largest absolute Gasteiger partial charge is 0.479 e. The number of hydrogen-bond donors (Lipinski definition) is 5. The van der Waals surface area contributed by atoms with Crippen molar-refractivity contribution in [2.24, 2.45) is 5.73 Å². The number of imidazole rings is 1. The first-order chi connectivity index (χ1) is 14.9. The van der Waals surface area contributed by atoms with Crippen LogP contribution in [0.25, 0.3) is 11.2 Å². The molecule has 31 heavy (non-hydrogen) atoms. The van der Waals surface area contributed by atoms with Crippen molar-refractivity contribution in [3.63, 3.8) is 0 Å². The second kappa shape index (κ2) is 8.26. The molecule has 1 aliphatic rings. The van der Waals surface area contributed by atoms with Crippen molar-refractivity contribution >= 4 is 28.9 Å². The molecular weight excluding hydrogens is 406 g/mol. The van der Waals surface area contributed by atoms with Gasteiger partial charge in [-0.15, -0.1) is 0 Å². The van der Waals surface area contributed by atoms with Crippen LogP contribution >= 0.6 is 0 Å². The van der Waals surface area contributed by atoms with Gasteiger partial charge < -0.3 is 31.7 Å². The zero-order chi connectivity index (χ0) is 22.1. The molecule has 1 aliphatic heterocycles. The molecule has 0 saturated carbocycles. The summed E-state index contributed by atoms with van der Waals surface area (Å²) in [5.74, 6) is -1.72. The average Bonchev–Trinajstić information content (AvgIpc) is 3.31. The van der Waals surface area contributed by atoms with Gasteiger partial charge in [0.05, 0.1) is 12.4 Å². The number of ether oxygens (including phenoxy) is 1. The number of benzene rings is 1. The molecule has 1 fully saturated rings. The van der Waals surface area contributed by atoms with E-state index in [1.54, 1.807) is 24.3 Å². The summed E-state index contributed by atoms with van der Waals surface area (Å²) >= 11 is 0. The number of nitrogen functional groups attached to an aromatic ring is 1. The van der Waals surface area contributed by atoms with Crippen LogP contribution in [0.15, 0.2) is 43.0 Å². The van der Waals surface area contributed by atoms with Gasteiger partial charge in [0.1, 0.15) is 17.9 Å². The Balaban J connectivity index is 1.53. The summed E-state index contributed by atoms with van der Waals surface area (Å²) in [6.07, 6.45) is -1.61. The fraction of sp³-hybridized carbons (Fsp3) is 0.316. The average molecular weight is 427 g/mol. The molecule has 0 aliphatic carbocycles. The topological polar surface area (TPSA) is 192 Å². The first kappa shape index (κ1) is 20.7. The zero-order valence-corrected chi connectivity index (χ0v) is 16.2. The summed E-state index contributed by atoms with van der Waals surface area (Å²) in [5.41, 5.74) is 13.1. The number of carbonyl (C=O) groups excluding carboxylic acids is 1. The van der Waals surface area contributed by atoms with E-state index < -0.39 is 42.4 Å². The molecule has 7 N–H and O–H groups in total. The maximum Gasteiger partial charge on any atom is 0.335 e. The lowest BCUT2D eigenvalue weighted by Gasteiger charge is -2.21. The Morgan fingerprint density at radius 1 is 1.23 bits per heavy atom. The lowest BCUT2D eigenvalue weighted by Crippen LogP contribution is -2.50. The van der Waals surface area contributed by atoms with Crippen molar-refractivity contribution in [1.29, 1.82) is 0 Å². The molecule has 1 aromatic carbocycles. The number of aliphatic hydroxyl groups is 1. The zero-order valence-electron chi connectivity index (χ0n) is 16.2. The standard InChI is InChI=1S/C19H21N7O5/c20-10(9-4-2-1-3-5-9)6-11(27)25-12-14(28)18(31-15(12)19(29)30)26-8-24-13-16(21)22-7-23-17(13)26/h1-5,7-8,10,12,14-15,18,28H,6,20H2,(H,25,27)(H,29,30)(H2,21,22,23). The van der Waals surface area contributed by atoms with E-state index in [2.05, 4.69) is 20.3 Å². The van der Waals surface area contributed by atoms with Crippen LogP contribution in [0.2, 0.25) is 0 Å².